The largest absolute Gasteiger partial charge is 0.466 e. The quantitative estimate of drug-likeness (QED) is 0.766. The molecule has 0 bridgehead atoms. The second kappa shape index (κ2) is 7.04. The molecule has 0 heterocycles. The van der Waals surface area contributed by atoms with Crippen LogP contribution in [-0.2, 0) is 20.9 Å². The van der Waals surface area contributed by atoms with Gasteiger partial charge >= 0.3 is 5.97 Å². The second-order valence-electron chi connectivity index (χ2n) is 3.79. The van der Waals surface area contributed by atoms with Gasteiger partial charge in [0.05, 0.1) is 19.6 Å². The number of rotatable bonds is 6. The van der Waals surface area contributed by atoms with Gasteiger partial charge in [0.25, 0.3) is 0 Å². The first-order valence-electron chi connectivity index (χ1n) is 5.66. The van der Waals surface area contributed by atoms with Crippen molar-refractivity contribution in [1.82, 2.24) is 0 Å². The molecule has 1 atom stereocenters. The van der Waals surface area contributed by atoms with Gasteiger partial charge < -0.3 is 15.2 Å². The normalized spacial score (nSPS) is 12.2. The predicted octanol–water partition coefficient (Wildman–Crippen LogP) is 1.79. The fourth-order valence-corrected chi connectivity index (χ4v) is 1.55. The SMILES string of the molecule is CCOC(=O)C[C@@H](N)c1ccc(COC)cc1. The van der Waals surface area contributed by atoms with Crippen LogP contribution in [0.3, 0.4) is 0 Å². The topological polar surface area (TPSA) is 61.5 Å². The molecule has 4 nitrogen and oxygen atoms in total. The number of carbonyl (C=O) groups is 1. The van der Waals surface area contributed by atoms with E-state index in [0.29, 0.717) is 13.2 Å². The number of benzene rings is 1. The molecule has 0 saturated carbocycles. The summed E-state index contributed by atoms with van der Waals surface area (Å²) < 4.78 is 9.88. The third-order valence-electron chi connectivity index (χ3n) is 2.41. The molecule has 94 valence electrons. The number of hydrogen-bond acceptors (Lipinski definition) is 4. The first-order chi connectivity index (χ1) is 8.17. The highest BCUT2D eigenvalue weighted by molar-refractivity contribution is 5.70. The van der Waals surface area contributed by atoms with Gasteiger partial charge in [-0.25, -0.2) is 0 Å². The van der Waals surface area contributed by atoms with E-state index in [-0.39, 0.29) is 18.4 Å². The van der Waals surface area contributed by atoms with Crippen LogP contribution in [0, 0.1) is 0 Å². The number of carbonyl (C=O) groups excluding carboxylic acids is 1. The zero-order valence-electron chi connectivity index (χ0n) is 10.3. The monoisotopic (exact) mass is 237 g/mol. The summed E-state index contributed by atoms with van der Waals surface area (Å²) in [4.78, 5) is 11.3. The van der Waals surface area contributed by atoms with Gasteiger partial charge in [-0.2, -0.15) is 0 Å². The Bertz CT molecular complexity index is 348. The van der Waals surface area contributed by atoms with E-state index in [2.05, 4.69) is 0 Å². The van der Waals surface area contributed by atoms with Crippen molar-refractivity contribution < 1.29 is 14.3 Å². The highest BCUT2D eigenvalue weighted by Gasteiger charge is 2.12. The number of nitrogens with two attached hydrogens (primary N) is 1. The molecule has 0 spiro atoms. The summed E-state index contributed by atoms with van der Waals surface area (Å²) >= 11 is 0. The lowest BCUT2D eigenvalue weighted by Gasteiger charge is -2.11. The molecule has 0 aromatic heterocycles. The Balaban J connectivity index is 2.56. The van der Waals surface area contributed by atoms with Crippen molar-refractivity contribution in [2.75, 3.05) is 13.7 Å². The molecule has 0 aliphatic carbocycles. The van der Waals surface area contributed by atoms with Gasteiger partial charge in [0.2, 0.25) is 0 Å². The lowest BCUT2D eigenvalue weighted by molar-refractivity contribution is -0.143. The van der Waals surface area contributed by atoms with Gasteiger partial charge in [-0.1, -0.05) is 24.3 Å². The Kier molecular flexibility index (Phi) is 5.66. The zero-order valence-corrected chi connectivity index (χ0v) is 10.3. The molecule has 0 radical (unpaired) electrons. The van der Waals surface area contributed by atoms with Crippen molar-refractivity contribution in [1.29, 1.82) is 0 Å². The van der Waals surface area contributed by atoms with Crippen LogP contribution in [0.5, 0.6) is 0 Å². The van der Waals surface area contributed by atoms with Crippen molar-refractivity contribution in [2.45, 2.75) is 26.0 Å². The minimum atomic E-state index is -0.314. The summed E-state index contributed by atoms with van der Waals surface area (Å²) in [6, 6.07) is 7.41. The number of hydrogen-bond donors (Lipinski definition) is 1. The van der Waals surface area contributed by atoms with Crippen LogP contribution in [0.1, 0.15) is 30.5 Å². The summed E-state index contributed by atoms with van der Waals surface area (Å²) in [6.07, 6.45) is 0.206. The van der Waals surface area contributed by atoms with Gasteiger partial charge in [-0.15, -0.1) is 0 Å². The highest BCUT2D eigenvalue weighted by Crippen LogP contribution is 2.15. The smallest absolute Gasteiger partial charge is 0.307 e. The maximum Gasteiger partial charge on any atom is 0.307 e. The van der Waals surface area contributed by atoms with Crippen LogP contribution >= 0.6 is 0 Å². The number of esters is 1. The fourth-order valence-electron chi connectivity index (χ4n) is 1.55. The molecule has 4 heteroatoms. The van der Waals surface area contributed by atoms with E-state index in [1.54, 1.807) is 14.0 Å². The van der Waals surface area contributed by atoms with Crippen molar-refractivity contribution in [3.8, 4) is 0 Å². The average molecular weight is 237 g/mol. The maximum atomic E-state index is 11.3. The third-order valence-corrected chi connectivity index (χ3v) is 2.41. The molecule has 1 aromatic carbocycles. The first-order valence-corrected chi connectivity index (χ1v) is 5.66. The van der Waals surface area contributed by atoms with Gasteiger partial charge in [0.1, 0.15) is 0 Å². The van der Waals surface area contributed by atoms with Crippen molar-refractivity contribution in [2.24, 2.45) is 5.73 Å². The van der Waals surface area contributed by atoms with E-state index >= 15 is 0 Å². The molecular formula is C13H19NO3. The number of methoxy groups -OCH3 is 1. The molecule has 1 aromatic rings. The van der Waals surface area contributed by atoms with Crippen LogP contribution in [0.25, 0.3) is 0 Å². The standard InChI is InChI=1S/C13H19NO3/c1-3-17-13(15)8-12(14)11-6-4-10(5-7-11)9-16-2/h4-7,12H,3,8-9,14H2,1-2H3/t12-/m1/s1. The van der Waals surface area contributed by atoms with Crippen LogP contribution in [0.4, 0.5) is 0 Å². The van der Waals surface area contributed by atoms with E-state index in [1.165, 1.54) is 0 Å². The lowest BCUT2D eigenvalue weighted by Crippen LogP contribution is -2.17. The second-order valence-corrected chi connectivity index (χ2v) is 3.79. The Morgan fingerprint density at radius 2 is 2.00 bits per heavy atom. The molecule has 1 rings (SSSR count). The molecule has 0 aliphatic rings. The Hall–Kier alpha value is -1.39. The van der Waals surface area contributed by atoms with Gasteiger partial charge in [-0.05, 0) is 18.1 Å². The Morgan fingerprint density at radius 1 is 1.35 bits per heavy atom. The number of ether oxygens (including phenoxy) is 2. The summed E-state index contributed by atoms with van der Waals surface area (Å²) in [6.45, 7) is 2.74. The third kappa shape index (κ3) is 4.54. The molecule has 17 heavy (non-hydrogen) atoms. The van der Waals surface area contributed by atoms with Crippen molar-refractivity contribution >= 4 is 5.97 Å². The van der Waals surface area contributed by atoms with Gasteiger partial charge in [-0.3, -0.25) is 4.79 Å². The minimum Gasteiger partial charge on any atom is -0.466 e. The molecule has 0 saturated heterocycles. The first kappa shape index (κ1) is 13.7. The molecule has 0 unspecified atom stereocenters. The average Bonchev–Trinajstić information content (AvgIpc) is 2.30. The molecule has 0 aliphatic heterocycles. The van der Waals surface area contributed by atoms with E-state index in [4.69, 9.17) is 15.2 Å². The van der Waals surface area contributed by atoms with E-state index < -0.39 is 0 Å². The maximum absolute atomic E-state index is 11.3. The Labute approximate surface area is 102 Å². The van der Waals surface area contributed by atoms with Crippen LogP contribution in [0.15, 0.2) is 24.3 Å². The fraction of sp³-hybridized carbons (Fsp3) is 0.462. The summed E-state index contributed by atoms with van der Waals surface area (Å²) in [5.74, 6) is -0.263. The molecule has 0 fully saturated rings. The van der Waals surface area contributed by atoms with Gasteiger partial charge in [0.15, 0.2) is 0 Å². The van der Waals surface area contributed by atoms with Crippen LogP contribution in [-0.4, -0.2) is 19.7 Å². The van der Waals surface area contributed by atoms with E-state index in [1.807, 2.05) is 24.3 Å². The van der Waals surface area contributed by atoms with E-state index in [9.17, 15) is 4.79 Å². The molecule has 0 amide bonds. The molecular weight excluding hydrogens is 218 g/mol. The zero-order chi connectivity index (χ0) is 12.7. The Morgan fingerprint density at radius 3 is 2.53 bits per heavy atom. The van der Waals surface area contributed by atoms with Gasteiger partial charge in [0, 0.05) is 13.2 Å². The minimum absolute atomic E-state index is 0.206. The summed E-state index contributed by atoms with van der Waals surface area (Å²) in [7, 11) is 1.65. The van der Waals surface area contributed by atoms with Crippen LogP contribution < -0.4 is 5.73 Å². The summed E-state index contributed by atoms with van der Waals surface area (Å²) in [5, 5.41) is 0. The lowest BCUT2D eigenvalue weighted by atomic mass is 10.0. The van der Waals surface area contributed by atoms with Crippen LogP contribution in [0.2, 0.25) is 0 Å². The molecule has 2 N–H and O–H groups in total. The predicted molar refractivity (Wildman–Crippen MR) is 65.3 cm³/mol. The van der Waals surface area contributed by atoms with E-state index in [0.717, 1.165) is 11.1 Å². The van der Waals surface area contributed by atoms with Crippen molar-refractivity contribution in [3.05, 3.63) is 35.4 Å². The highest BCUT2D eigenvalue weighted by atomic mass is 16.5. The summed E-state index contributed by atoms with van der Waals surface area (Å²) in [5.41, 5.74) is 7.93. The van der Waals surface area contributed by atoms with Crippen molar-refractivity contribution in [3.63, 3.8) is 0 Å².